The van der Waals surface area contributed by atoms with E-state index >= 15 is 0 Å². The van der Waals surface area contributed by atoms with Crippen LogP contribution in [0.3, 0.4) is 0 Å². The van der Waals surface area contributed by atoms with Gasteiger partial charge in [0.05, 0.1) is 23.6 Å². The van der Waals surface area contributed by atoms with Gasteiger partial charge in [0.2, 0.25) is 0 Å². The van der Waals surface area contributed by atoms with Crippen molar-refractivity contribution < 1.29 is 0 Å². The van der Waals surface area contributed by atoms with E-state index in [2.05, 4.69) is 20.1 Å². The molecule has 4 aromatic rings. The molecule has 2 N–H and O–H groups in total. The lowest BCUT2D eigenvalue weighted by atomic mass is 10.2. The Balaban J connectivity index is 1.83. The highest BCUT2D eigenvalue weighted by molar-refractivity contribution is 7.10. The molecule has 0 saturated carbocycles. The Kier molecular flexibility index (Phi) is 3.14. The number of hydrogen-bond donors (Lipinski definition) is 1. The van der Waals surface area contributed by atoms with E-state index < -0.39 is 0 Å². The molecule has 1 atom stereocenters. The number of thiophene rings is 1. The molecule has 0 aliphatic rings. The van der Waals surface area contributed by atoms with Crippen molar-refractivity contribution in [1.29, 1.82) is 0 Å². The van der Waals surface area contributed by atoms with Gasteiger partial charge in [0.25, 0.3) is 0 Å². The van der Waals surface area contributed by atoms with Crippen LogP contribution < -0.4 is 5.73 Å². The first kappa shape index (κ1) is 13.1. The SMILES string of the molecule is NC(c1ccc2ncc(-c3cncnc3)n2n1)c1cccs1. The summed E-state index contributed by atoms with van der Waals surface area (Å²) in [5.74, 6) is 0. The van der Waals surface area contributed by atoms with Crippen LogP contribution in [0.1, 0.15) is 16.6 Å². The molecular weight excluding hydrogens is 296 g/mol. The van der Waals surface area contributed by atoms with Gasteiger partial charge < -0.3 is 5.73 Å². The predicted molar refractivity (Wildman–Crippen MR) is 84.4 cm³/mol. The highest BCUT2D eigenvalue weighted by Gasteiger charge is 2.14. The average molecular weight is 308 g/mol. The zero-order chi connectivity index (χ0) is 14.9. The summed E-state index contributed by atoms with van der Waals surface area (Å²) in [7, 11) is 0. The number of nitrogens with zero attached hydrogens (tertiary/aromatic N) is 5. The number of rotatable bonds is 3. The summed E-state index contributed by atoms with van der Waals surface area (Å²) < 4.78 is 1.78. The first-order valence-electron chi connectivity index (χ1n) is 6.72. The minimum atomic E-state index is -0.244. The highest BCUT2D eigenvalue weighted by Crippen LogP contribution is 2.24. The quantitative estimate of drug-likeness (QED) is 0.628. The second-order valence-corrected chi connectivity index (χ2v) is 5.77. The fourth-order valence-electron chi connectivity index (χ4n) is 2.30. The maximum atomic E-state index is 6.30. The molecular formula is C15H12N6S. The lowest BCUT2D eigenvalue weighted by molar-refractivity contribution is 0.782. The van der Waals surface area contributed by atoms with Crippen LogP contribution in [0.25, 0.3) is 16.9 Å². The van der Waals surface area contributed by atoms with Crippen molar-refractivity contribution in [3.63, 3.8) is 0 Å². The Morgan fingerprint density at radius 1 is 1.09 bits per heavy atom. The monoisotopic (exact) mass is 308 g/mol. The van der Waals surface area contributed by atoms with Gasteiger partial charge in [-0.25, -0.2) is 19.5 Å². The number of nitrogens with two attached hydrogens (primary N) is 1. The Morgan fingerprint density at radius 2 is 1.95 bits per heavy atom. The van der Waals surface area contributed by atoms with Gasteiger partial charge in [-0.2, -0.15) is 5.10 Å². The first-order chi connectivity index (χ1) is 10.8. The van der Waals surface area contributed by atoms with Gasteiger partial charge in [-0.05, 0) is 23.6 Å². The topological polar surface area (TPSA) is 82.0 Å². The Labute approximate surface area is 130 Å². The van der Waals surface area contributed by atoms with Crippen molar-refractivity contribution >= 4 is 17.0 Å². The van der Waals surface area contributed by atoms with Gasteiger partial charge in [-0.15, -0.1) is 11.3 Å². The van der Waals surface area contributed by atoms with E-state index in [1.54, 1.807) is 34.4 Å². The standard InChI is InChI=1S/C15H12N6S/c16-15(13-2-1-5-22-13)11-3-4-14-19-8-12(21(14)20-11)10-6-17-9-18-7-10/h1-9,15H,16H2. The number of imidazole rings is 1. The molecule has 0 amide bonds. The smallest absolute Gasteiger partial charge is 0.154 e. The van der Waals surface area contributed by atoms with Crippen LogP contribution in [-0.4, -0.2) is 24.6 Å². The minimum absolute atomic E-state index is 0.244. The average Bonchev–Trinajstić information content (AvgIpc) is 3.24. The third-order valence-electron chi connectivity index (χ3n) is 3.41. The maximum Gasteiger partial charge on any atom is 0.154 e. The number of aromatic nitrogens is 5. The number of fused-ring (bicyclic) bond motifs is 1. The highest BCUT2D eigenvalue weighted by atomic mass is 32.1. The molecule has 22 heavy (non-hydrogen) atoms. The summed E-state index contributed by atoms with van der Waals surface area (Å²) in [5.41, 5.74) is 9.57. The Morgan fingerprint density at radius 3 is 2.73 bits per heavy atom. The third-order valence-corrected chi connectivity index (χ3v) is 4.36. The molecule has 0 saturated heterocycles. The molecule has 0 aromatic carbocycles. The van der Waals surface area contributed by atoms with E-state index in [1.165, 1.54) is 6.33 Å². The predicted octanol–water partition coefficient (Wildman–Crippen LogP) is 2.30. The molecule has 0 bridgehead atoms. The second kappa shape index (κ2) is 5.28. The van der Waals surface area contributed by atoms with Crippen molar-refractivity contribution in [1.82, 2.24) is 24.6 Å². The van der Waals surface area contributed by atoms with E-state index in [0.29, 0.717) is 0 Å². The Hall–Kier alpha value is -2.64. The fraction of sp³-hybridized carbons (Fsp3) is 0.0667. The van der Waals surface area contributed by atoms with Gasteiger partial charge in [0, 0.05) is 22.8 Å². The van der Waals surface area contributed by atoms with Crippen LogP contribution in [0.15, 0.2) is 54.6 Å². The zero-order valence-electron chi connectivity index (χ0n) is 11.5. The van der Waals surface area contributed by atoms with Crippen molar-refractivity contribution in [2.75, 3.05) is 0 Å². The van der Waals surface area contributed by atoms with Crippen molar-refractivity contribution in [2.24, 2.45) is 5.73 Å². The molecule has 0 radical (unpaired) electrons. The fourth-order valence-corrected chi connectivity index (χ4v) is 3.03. The molecule has 4 rings (SSSR count). The van der Waals surface area contributed by atoms with Gasteiger partial charge in [0.15, 0.2) is 5.65 Å². The normalized spacial score (nSPS) is 12.6. The van der Waals surface area contributed by atoms with Crippen molar-refractivity contribution in [3.8, 4) is 11.3 Å². The summed E-state index contributed by atoms with van der Waals surface area (Å²) in [4.78, 5) is 13.5. The summed E-state index contributed by atoms with van der Waals surface area (Å²) in [6.45, 7) is 0. The summed E-state index contributed by atoms with van der Waals surface area (Å²) in [5, 5.41) is 6.66. The molecule has 6 nitrogen and oxygen atoms in total. The largest absolute Gasteiger partial charge is 0.318 e. The van der Waals surface area contributed by atoms with Gasteiger partial charge >= 0.3 is 0 Å². The van der Waals surface area contributed by atoms with E-state index in [0.717, 1.165) is 27.5 Å². The van der Waals surface area contributed by atoms with Crippen LogP contribution in [0.5, 0.6) is 0 Å². The lowest BCUT2D eigenvalue weighted by Crippen LogP contribution is -2.14. The molecule has 4 aromatic heterocycles. The molecule has 4 heterocycles. The van der Waals surface area contributed by atoms with Crippen LogP contribution in [0, 0.1) is 0 Å². The summed E-state index contributed by atoms with van der Waals surface area (Å²) >= 11 is 1.62. The van der Waals surface area contributed by atoms with E-state index in [-0.39, 0.29) is 6.04 Å². The summed E-state index contributed by atoms with van der Waals surface area (Å²) in [6, 6.07) is 7.59. The van der Waals surface area contributed by atoms with Gasteiger partial charge in [-0.3, -0.25) is 0 Å². The lowest BCUT2D eigenvalue weighted by Gasteiger charge is -2.10. The van der Waals surface area contributed by atoms with E-state index in [9.17, 15) is 0 Å². The summed E-state index contributed by atoms with van der Waals surface area (Å²) in [6.07, 6.45) is 6.74. The zero-order valence-corrected chi connectivity index (χ0v) is 12.3. The van der Waals surface area contributed by atoms with E-state index in [4.69, 9.17) is 5.73 Å². The maximum absolute atomic E-state index is 6.30. The van der Waals surface area contributed by atoms with Crippen LogP contribution >= 0.6 is 11.3 Å². The van der Waals surface area contributed by atoms with Crippen molar-refractivity contribution in [2.45, 2.75) is 6.04 Å². The number of hydrogen-bond acceptors (Lipinski definition) is 6. The third kappa shape index (κ3) is 2.16. The molecule has 108 valence electrons. The molecule has 7 heteroatoms. The molecule has 1 unspecified atom stereocenters. The van der Waals surface area contributed by atoms with Gasteiger partial charge in [0.1, 0.15) is 6.33 Å². The minimum Gasteiger partial charge on any atom is -0.318 e. The molecule has 0 aliphatic heterocycles. The first-order valence-corrected chi connectivity index (χ1v) is 7.60. The second-order valence-electron chi connectivity index (χ2n) is 4.79. The van der Waals surface area contributed by atoms with Crippen LogP contribution in [0.4, 0.5) is 0 Å². The molecule has 0 spiro atoms. The van der Waals surface area contributed by atoms with E-state index in [1.807, 2.05) is 29.6 Å². The molecule has 0 aliphatic carbocycles. The Bertz CT molecular complexity index is 900. The van der Waals surface area contributed by atoms with Crippen molar-refractivity contribution in [3.05, 3.63) is 65.1 Å². The van der Waals surface area contributed by atoms with Crippen LogP contribution in [0.2, 0.25) is 0 Å². The van der Waals surface area contributed by atoms with Crippen LogP contribution in [-0.2, 0) is 0 Å². The molecule has 0 fully saturated rings. The van der Waals surface area contributed by atoms with Gasteiger partial charge in [-0.1, -0.05) is 6.07 Å².